The lowest BCUT2D eigenvalue weighted by atomic mass is 9.95. The van der Waals surface area contributed by atoms with Gasteiger partial charge in [-0.2, -0.15) is 4.68 Å². The fraction of sp³-hybridized carbons (Fsp3) is 0.346. The summed E-state index contributed by atoms with van der Waals surface area (Å²) in [5.74, 6) is 1.63. The van der Waals surface area contributed by atoms with Crippen LogP contribution < -0.4 is 9.64 Å². The number of rotatable bonds is 7. The lowest BCUT2D eigenvalue weighted by molar-refractivity contribution is -0.133. The number of piperazine rings is 1. The zero-order valence-electron chi connectivity index (χ0n) is 20.0. The first-order valence-corrected chi connectivity index (χ1v) is 12.1. The van der Waals surface area contributed by atoms with E-state index in [1.165, 1.54) is 0 Å². The molecule has 1 saturated heterocycles. The summed E-state index contributed by atoms with van der Waals surface area (Å²) in [5.41, 5.74) is 3.22. The number of benzene rings is 2. The molecule has 0 aliphatic carbocycles. The van der Waals surface area contributed by atoms with Crippen LogP contribution in [-0.4, -0.2) is 68.6 Å². The van der Waals surface area contributed by atoms with Gasteiger partial charge in [-0.15, -0.1) is 5.10 Å². The average molecular weight is 472 g/mol. The molecule has 0 unspecified atom stereocenters. The van der Waals surface area contributed by atoms with E-state index < -0.39 is 0 Å². The Labute approximate surface area is 204 Å². The third-order valence-corrected chi connectivity index (χ3v) is 6.41. The van der Waals surface area contributed by atoms with Crippen LogP contribution in [0.5, 0.6) is 5.75 Å². The minimum atomic E-state index is -0.109. The van der Waals surface area contributed by atoms with Crippen molar-refractivity contribution in [1.82, 2.24) is 29.9 Å². The molecule has 3 heterocycles. The second-order valence-corrected chi connectivity index (χ2v) is 8.48. The molecule has 1 aliphatic heterocycles. The van der Waals surface area contributed by atoms with Crippen molar-refractivity contribution < 1.29 is 9.53 Å². The molecule has 0 bridgehead atoms. The van der Waals surface area contributed by atoms with Crippen LogP contribution in [0.15, 0.2) is 60.9 Å². The van der Waals surface area contributed by atoms with Crippen molar-refractivity contribution in [3.63, 3.8) is 0 Å². The zero-order valence-corrected chi connectivity index (χ0v) is 20.0. The Morgan fingerprint density at radius 2 is 1.71 bits per heavy atom. The van der Waals surface area contributed by atoms with Gasteiger partial charge < -0.3 is 14.5 Å². The van der Waals surface area contributed by atoms with E-state index in [-0.39, 0.29) is 11.8 Å². The Morgan fingerprint density at radius 3 is 2.40 bits per heavy atom. The molecule has 1 aliphatic rings. The van der Waals surface area contributed by atoms with Crippen LogP contribution in [0.4, 0.5) is 5.82 Å². The molecule has 35 heavy (non-hydrogen) atoms. The summed E-state index contributed by atoms with van der Waals surface area (Å²) >= 11 is 0. The maximum absolute atomic E-state index is 13.3. The number of carbonyl (C=O) groups excluding carboxylic acids is 1. The molecule has 2 aromatic heterocycles. The highest BCUT2D eigenvalue weighted by Crippen LogP contribution is 2.26. The normalized spacial score (nSPS) is 14.8. The second-order valence-electron chi connectivity index (χ2n) is 8.48. The highest BCUT2D eigenvalue weighted by atomic mass is 16.5. The number of aromatic nitrogens is 5. The first-order valence-electron chi connectivity index (χ1n) is 12.1. The smallest absolute Gasteiger partial charge is 0.230 e. The first kappa shape index (κ1) is 22.8. The third-order valence-electron chi connectivity index (χ3n) is 6.41. The summed E-state index contributed by atoms with van der Waals surface area (Å²) in [6.07, 6.45) is 2.33. The molecule has 1 atom stereocenters. The number of amides is 1. The number of hydrogen-bond donors (Lipinski definition) is 0. The third kappa shape index (κ3) is 4.53. The molecule has 0 spiro atoms. The highest BCUT2D eigenvalue weighted by molar-refractivity contribution is 5.85. The minimum absolute atomic E-state index is 0.109. The fourth-order valence-electron chi connectivity index (χ4n) is 4.59. The van der Waals surface area contributed by atoms with Crippen LogP contribution in [0, 0.1) is 0 Å². The number of ether oxygens (including phenoxy) is 1. The second kappa shape index (κ2) is 10.1. The lowest BCUT2D eigenvalue weighted by Gasteiger charge is -2.37. The van der Waals surface area contributed by atoms with Crippen molar-refractivity contribution in [2.75, 3.05) is 37.7 Å². The van der Waals surface area contributed by atoms with Crippen molar-refractivity contribution in [2.24, 2.45) is 0 Å². The van der Waals surface area contributed by atoms with Gasteiger partial charge in [0.2, 0.25) is 5.91 Å². The van der Waals surface area contributed by atoms with Gasteiger partial charge >= 0.3 is 0 Å². The maximum Gasteiger partial charge on any atom is 0.230 e. The molecule has 5 rings (SSSR count). The molecular weight excluding hydrogens is 442 g/mol. The highest BCUT2D eigenvalue weighted by Gasteiger charge is 2.29. The topological polar surface area (TPSA) is 89.3 Å². The Hall–Kier alpha value is -4.01. The predicted octanol–water partition coefficient (Wildman–Crippen LogP) is 3.45. The molecule has 180 valence electrons. The predicted molar refractivity (Wildman–Crippen MR) is 134 cm³/mol. The number of hydrogen-bond acceptors (Lipinski definition) is 7. The number of nitrogens with zero attached hydrogens (tertiary/aromatic N) is 7. The Kier molecular flexibility index (Phi) is 6.56. The summed E-state index contributed by atoms with van der Waals surface area (Å²) < 4.78 is 7.24. The quantitative estimate of drug-likeness (QED) is 0.408. The van der Waals surface area contributed by atoms with E-state index in [4.69, 9.17) is 4.74 Å². The molecule has 0 N–H and O–H groups in total. The van der Waals surface area contributed by atoms with Crippen molar-refractivity contribution >= 4 is 22.9 Å². The Balaban J connectivity index is 1.32. The largest absolute Gasteiger partial charge is 0.494 e. The van der Waals surface area contributed by atoms with E-state index in [1.807, 2.05) is 66.4 Å². The van der Waals surface area contributed by atoms with E-state index in [0.717, 1.165) is 29.2 Å². The molecule has 9 heteroatoms. The van der Waals surface area contributed by atoms with Gasteiger partial charge in [0.15, 0.2) is 17.0 Å². The Morgan fingerprint density at radius 1 is 0.971 bits per heavy atom. The van der Waals surface area contributed by atoms with Gasteiger partial charge in [-0.1, -0.05) is 42.5 Å². The molecule has 0 radical (unpaired) electrons. The van der Waals surface area contributed by atoms with Crippen LogP contribution in [0.3, 0.4) is 0 Å². The summed E-state index contributed by atoms with van der Waals surface area (Å²) in [4.78, 5) is 26.4. The molecule has 9 nitrogen and oxygen atoms in total. The van der Waals surface area contributed by atoms with E-state index in [2.05, 4.69) is 32.1 Å². The lowest BCUT2D eigenvalue weighted by Crippen LogP contribution is -2.50. The van der Waals surface area contributed by atoms with Crippen molar-refractivity contribution in [1.29, 1.82) is 0 Å². The summed E-state index contributed by atoms with van der Waals surface area (Å²) in [6.45, 7) is 7.28. The Bertz CT molecular complexity index is 1280. The molecule has 1 fully saturated rings. The van der Waals surface area contributed by atoms with Crippen LogP contribution >= 0.6 is 0 Å². The summed E-state index contributed by atoms with van der Waals surface area (Å²) in [7, 11) is 0. The van der Waals surface area contributed by atoms with Crippen LogP contribution in [0.2, 0.25) is 0 Å². The van der Waals surface area contributed by atoms with E-state index >= 15 is 0 Å². The maximum atomic E-state index is 13.3. The zero-order chi connectivity index (χ0) is 24.2. The number of fused-ring (bicyclic) bond motifs is 1. The van der Waals surface area contributed by atoms with Crippen LogP contribution in [-0.2, 0) is 4.79 Å². The van der Waals surface area contributed by atoms with Gasteiger partial charge in [-0.3, -0.25) is 4.79 Å². The first-order chi connectivity index (χ1) is 17.2. The van der Waals surface area contributed by atoms with Gasteiger partial charge in [0, 0.05) is 26.2 Å². The van der Waals surface area contributed by atoms with E-state index in [1.54, 1.807) is 11.0 Å². The van der Waals surface area contributed by atoms with Gasteiger partial charge in [-0.25, -0.2) is 9.97 Å². The van der Waals surface area contributed by atoms with Crippen molar-refractivity contribution in [3.8, 4) is 11.4 Å². The molecule has 2 aromatic carbocycles. The number of anilines is 1. The minimum Gasteiger partial charge on any atom is -0.494 e. The van der Waals surface area contributed by atoms with Gasteiger partial charge in [0.1, 0.15) is 12.1 Å². The molecule has 1 amide bonds. The van der Waals surface area contributed by atoms with Crippen molar-refractivity contribution in [3.05, 3.63) is 66.5 Å². The summed E-state index contributed by atoms with van der Waals surface area (Å²) in [6, 6.07) is 17.7. The van der Waals surface area contributed by atoms with Gasteiger partial charge in [0.05, 0.1) is 18.2 Å². The van der Waals surface area contributed by atoms with Crippen LogP contribution in [0.25, 0.3) is 16.9 Å². The van der Waals surface area contributed by atoms with Gasteiger partial charge in [-0.05, 0) is 43.2 Å². The van der Waals surface area contributed by atoms with Crippen molar-refractivity contribution in [2.45, 2.75) is 26.2 Å². The molecule has 0 saturated carbocycles. The SMILES string of the molecule is CCOc1ccc(-n2nnc3c(N4CCN(C(=O)[C@@H](CC)c5ccccc5)CC4)ncnc32)cc1. The van der Waals surface area contributed by atoms with E-state index in [0.29, 0.717) is 43.9 Å². The van der Waals surface area contributed by atoms with E-state index in [9.17, 15) is 4.79 Å². The standard InChI is InChI=1S/C26H29N7O2/c1-3-22(19-8-6-5-7-9-19)26(34)32-16-14-31(15-17-32)24-23-25(28-18-27-24)33(30-29-23)20-10-12-21(13-11-20)35-4-2/h5-13,18,22H,3-4,14-17H2,1-2H3/t22-/m0/s1. The average Bonchev–Trinajstić information content (AvgIpc) is 3.35. The fourth-order valence-corrected chi connectivity index (χ4v) is 4.59. The van der Waals surface area contributed by atoms with Crippen LogP contribution in [0.1, 0.15) is 31.7 Å². The monoisotopic (exact) mass is 471 g/mol. The van der Waals surface area contributed by atoms with Gasteiger partial charge in [0.25, 0.3) is 0 Å². The molecular formula is C26H29N7O2. The summed E-state index contributed by atoms with van der Waals surface area (Å²) in [5, 5.41) is 8.74. The molecule has 4 aromatic rings. The number of carbonyl (C=O) groups is 1.